The summed E-state index contributed by atoms with van der Waals surface area (Å²) < 4.78 is 24.7. The molecule has 1 aromatic carbocycles. The van der Waals surface area contributed by atoms with Gasteiger partial charge in [0.2, 0.25) is 0 Å². The van der Waals surface area contributed by atoms with Crippen LogP contribution >= 0.6 is 0 Å². The summed E-state index contributed by atoms with van der Waals surface area (Å²) in [5.41, 5.74) is 1.64. The van der Waals surface area contributed by atoms with Crippen LogP contribution in [0.2, 0.25) is 0 Å². The number of nitrogens with one attached hydrogen (secondary N) is 2. The molecule has 0 aromatic heterocycles. The van der Waals surface area contributed by atoms with Crippen molar-refractivity contribution < 1.29 is 13.9 Å². The van der Waals surface area contributed by atoms with Crippen molar-refractivity contribution in [3.8, 4) is 5.75 Å². The lowest BCUT2D eigenvalue weighted by molar-refractivity contribution is -0.0172. The molecule has 2 aliphatic heterocycles. The number of ether oxygens (including phenoxy) is 2. The molecule has 0 bridgehead atoms. The summed E-state index contributed by atoms with van der Waals surface area (Å²) in [5, 5.41) is 6.71. The predicted molar refractivity (Wildman–Crippen MR) is 109 cm³/mol. The molecule has 6 nitrogen and oxygen atoms in total. The zero-order valence-corrected chi connectivity index (χ0v) is 17.1. The second kappa shape index (κ2) is 10.6. The maximum atomic E-state index is 13.8. The van der Waals surface area contributed by atoms with Crippen LogP contribution in [0.3, 0.4) is 0 Å². The minimum atomic E-state index is -0.252. The molecule has 2 heterocycles. The Morgan fingerprint density at radius 1 is 1.29 bits per heavy atom. The second-order valence-corrected chi connectivity index (χ2v) is 7.43. The molecule has 7 heteroatoms. The first-order valence-electron chi connectivity index (χ1n) is 10.4. The molecular formula is C21H33FN4O2. The van der Waals surface area contributed by atoms with Crippen molar-refractivity contribution in [3.63, 3.8) is 0 Å². The van der Waals surface area contributed by atoms with Crippen molar-refractivity contribution in [1.29, 1.82) is 0 Å². The van der Waals surface area contributed by atoms with Crippen molar-refractivity contribution in [3.05, 3.63) is 29.1 Å². The fourth-order valence-electron chi connectivity index (χ4n) is 4.11. The van der Waals surface area contributed by atoms with Gasteiger partial charge in [-0.15, -0.1) is 0 Å². The van der Waals surface area contributed by atoms with E-state index in [-0.39, 0.29) is 12.6 Å². The monoisotopic (exact) mass is 392 g/mol. The highest BCUT2D eigenvalue weighted by molar-refractivity contribution is 5.79. The number of halogens is 1. The molecule has 0 spiro atoms. The van der Waals surface area contributed by atoms with E-state index in [1.54, 1.807) is 13.1 Å². The molecule has 0 amide bonds. The largest absolute Gasteiger partial charge is 0.467 e. The van der Waals surface area contributed by atoms with Crippen LogP contribution < -0.4 is 15.4 Å². The summed E-state index contributed by atoms with van der Waals surface area (Å²) in [5.74, 6) is 1.28. The van der Waals surface area contributed by atoms with Gasteiger partial charge in [0.25, 0.3) is 0 Å². The molecule has 0 radical (unpaired) electrons. The Kier molecular flexibility index (Phi) is 7.91. The van der Waals surface area contributed by atoms with Gasteiger partial charge in [0, 0.05) is 38.3 Å². The van der Waals surface area contributed by atoms with Crippen LogP contribution in [0, 0.1) is 5.82 Å². The number of hydrogen-bond acceptors (Lipinski definition) is 4. The van der Waals surface area contributed by atoms with E-state index in [1.807, 2.05) is 0 Å². The summed E-state index contributed by atoms with van der Waals surface area (Å²) >= 11 is 0. The molecule has 3 rings (SSSR count). The lowest BCUT2D eigenvalue weighted by atomic mass is 10.0. The third-order valence-corrected chi connectivity index (χ3v) is 5.57. The molecule has 1 fully saturated rings. The van der Waals surface area contributed by atoms with Gasteiger partial charge in [-0.1, -0.05) is 13.3 Å². The molecule has 1 unspecified atom stereocenters. The van der Waals surface area contributed by atoms with E-state index in [2.05, 4.69) is 27.4 Å². The number of likely N-dealkylation sites (tertiary alicyclic amines) is 1. The lowest BCUT2D eigenvalue weighted by Crippen LogP contribution is -2.46. The molecule has 0 aliphatic carbocycles. The molecule has 1 saturated heterocycles. The van der Waals surface area contributed by atoms with Gasteiger partial charge in [-0.25, -0.2) is 4.39 Å². The van der Waals surface area contributed by atoms with Crippen molar-refractivity contribution in [2.45, 2.75) is 51.7 Å². The number of benzene rings is 1. The van der Waals surface area contributed by atoms with Gasteiger partial charge in [-0.3, -0.25) is 9.89 Å². The third kappa shape index (κ3) is 5.58. The highest BCUT2D eigenvalue weighted by atomic mass is 19.1. The molecule has 2 aliphatic rings. The number of rotatable bonds is 7. The van der Waals surface area contributed by atoms with Gasteiger partial charge in [-0.2, -0.15) is 0 Å². The Bertz CT molecular complexity index is 668. The summed E-state index contributed by atoms with van der Waals surface area (Å²) in [6.07, 6.45) is 5.84. The first-order chi connectivity index (χ1) is 13.7. The number of hydrogen-bond donors (Lipinski definition) is 2. The minimum absolute atomic E-state index is 0.220. The van der Waals surface area contributed by atoms with Gasteiger partial charge >= 0.3 is 0 Å². The van der Waals surface area contributed by atoms with Crippen LogP contribution in [0.15, 0.2) is 17.1 Å². The van der Waals surface area contributed by atoms with Gasteiger partial charge < -0.3 is 20.1 Å². The molecule has 0 saturated carbocycles. The number of nitrogens with zero attached hydrogens (tertiary/aromatic N) is 2. The molecular weight excluding hydrogens is 359 g/mol. The van der Waals surface area contributed by atoms with E-state index in [1.165, 1.54) is 38.3 Å². The Morgan fingerprint density at radius 3 is 2.96 bits per heavy atom. The van der Waals surface area contributed by atoms with Crippen molar-refractivity contribution >= 4 is 5.96 Å². The van der Waals surface area contributed by atoms with Gasteiger partial charge in [-0.05, 0) is 49.9 Å². The van der Waals surface area contributed by atoms with E-state index < -0.39 is 0 Å². The Hall–Kier alpha value is -1.86. The summed E-state index contributed by atoms with van der Waals surface area (Å²) in [6, 6.07) is 3.74. The fraction of sp³-hybridized carbons (Fsp3) is 0.667. The van der Waals surface area contributed by atoms with Gasteiger partial charge in [0.05, 0.1) is 6.61 Å². The van der Waals surface area contributed by atoms with Crippen LogP contribution in [-0.2, 0) is 17.8 Å². The normalized spacial score (nSPS) is 20.4. The minimum Gasteiger partial charge on any atom is -0.467 e. The molecule has 1 aromatic rings. The van der Waals surface area contributed by atoms with Crippen LogP contribution in [-0.4, -0.2) is 56.9 Å². The van der Waals surface area contributed by atoms with Gasteiger partial charge in [0.1, 0.15) is 11.6 Å². The van der Waals surface area contributed by atoms with E-state index in [9.17, 15) is 4.39 Å². The Balaban J connectivity index is 1.44. The zero-order valence-electron chi connectivity index (χ0n) is 17.1. The topological polar surface area (TPSA) is 58.1 Å². The SMILES string of the molecule is CCC1CCCCN1CCNC(=NC)NCCc1cc(F)cc2c1OCOC2. The van der Waals surface area contributed by atoms with E-state index in [0.29, 0.717) is 25.6 Å². The standard InChI is InChI=1S/C21H33FN4O2/c1-3-19-6-4-5-10-26(19)11-9-25-21(23-2)24-8-7-16-12-18(22)13-17-14-27-15-28-20(16)17/h12-13,19H,3-11,14-15H2,1-2H3,(H2,23,24,25). The van der Waals surface area contributed by atoms with Crippen LogP contribution in [0.1, 0.15) is 43.7 Å². The summed E-state index contributed by atoms with van der Waals surface area (Å²) in [7, 11) is 1.77. The van der Waals surface area contributed by atoms with Crippen LogP contribution in [0.25, 0.3) is 0 Å². The van der Waals surface area contributed by atoms with Crippen molar-refractivity contribution in [2.75, 3.05) is 40.0 Å². The first-order valence-corrected chi connectivity index (χ1v) is 10.4. The Morgan fingerprint density at radius 2 is 2.14 bits per heavy atom. The second-order valence-electron chi connectivity index (χ2n) is 7.43. The maximum Gasteiger partial charge on any atom is 0.191 e. The first kappa shape index (κ1) is 20.9. The number of piperidine rings is 1. The van der Waals surface area contributed by atoms with E-state index >= 15 is 0 Å². The fourth-order valence-corrected chi connectivity index (χ4v) is 4.11. The highest BCUT2D eigenvalue weighted by Gasteiger charge is 2.20. The van der Waals surface area contributed by atoms with Gasteiger partial charge in [0.15, 0.2) is 12.8 Å². The van der Waals surface area contributed by atoms with Crippen LogP contribution in [0.4, 0.5) is 4.39 Å². The maximum absolute atomic E-state index is 13.8. The highest BCUT2D eigenvalue weighted by Crippen LogP contribution is 2.29. The number of guanidine groups is 1. The average molecular weight is 393 g/mol. The van der Waals surface area contributed by atoms with E-state index in [0.717, 1.165) is 35.9 Å². The zero-order chi connectivity index (χ0) is 19.8. The third-order valence-electron chi connectivity index (χ3n) is 5.57. The summed E-state index contributed by atoms with van der Waals surface area (Å²) in [4.78, 5) is 6.88. The Labute approximate surface area is 167 Å². The molecule has 2 N–H and O–H groups in total. The molecule has 28 heavy (non-hydrogen) atoms. The van der Waals surface area contributed by atoms with Crippen LogP contribution in [0.5, 0.6) is 5.75 Å². The van der Waals surface area contributed by atoms with E-state index in [4.69, 9.17) is 9.47 Å². The predicted octanol–water partition coefficient (Wildman–Crippen LogP) is 2.66. The number of aliphatic imine (C=N–C) groups is 1. The molecule has 156 valence electrons. The molecule has 1 atom stereocenters. The van der Waals surface area contributed by atoms with Crippen molar-refractivity contribution in [1.82, 2.24) is 15.5 Å². The average Bonchev–Trinajstić information content (AvgIpc) is 2.72. The lowest BCUT2D eigenvalue weighted by Gasteiger charge is -2.35. The number of fused-ring (bicyclic) bond motifs is 1. The smallest absolute Gasteiger partial charge is 0.191 e. The quantitative estimate of drug-likeness (QED) is 0.552. The van der Waals surface area contributed by atoms with Crippen molar-refractivity contribution in [2.24, 2.45) is 4.99 Å². The summed E-state index contributed by atoms with van der Waals surface area (Å²) in [6.45, 7) is 6.64.